The molecular formula is C16H25NO. The predicted molar refractivity (Wildman–Crippen MR) is 76.3 cm³/mol. The van der Waals surface area contributed by atoms with Crippen molar-refractivity contribution >= 4 is 0 Å². The van der Waals surface area contributed by atoms with Gasteiger partial charge in [0.2, 0.25) is 0 Å². The van der Waals surface area contributed by atoms with Crippen molar-refractivity contribution in [3.8, 4) is 5.75 Å². The molecule has 0 radical (unpaired) electrons. The molecule has 2 heteroatoms. The van der Waals surface area contributed by atoms with Crippen molar-refractivity contribution in [2.24, 2.45) is 5.92 Å². The van der Waals surface area contributed by atoms with Crippen molar-refractivity contribution in [1.82, 2.24) is 5.32 Å². The highest BCUT2D eigenvalue weighted by Gasteiger charge is 2.28. The van der Waals surface area contributed by atoms with Crippen LogP contribution in [-0.4, -0.2) is 19.7 Å². The number of nitrogens with one attached hydrogen (secondary N) is 1. The molecule has 2 atom stereocenters. The standard InChI is InChI=1S/C16H25NO/c1-11(2)9-15-14(7-8-17-15)13-5-6-16(18-4)12(3)10-13/h5-6,10-11,14-15,17H,7-9H2,1-4H3. The minimum Gasteiger partial charge on any atom is -0.496 e. The summed E-state index contributed by atoms with van der Waals surface area (Å²) in [6.07, 6.45) is 2.51. The number of rotatable bonds is 4. The third kappa shape index (κ3) is 2.86. The number of ether oxygens (including phenoxy) is 1. The zero-order valence-electron chi connectivity index (χ0n) is 12.0. The zero-order chi connectivity index (χ0) is 13.1. The highest BCUT2D eigenvalue weighted by Crippen LogP contribution is 2.33. The number of benzene rings is 1. The van der Waals surface area contributed by atoms with Gasteiger partial charge in [-0.25, -0.2) is 0 Å². The van der Waals surface area contributed by atoms with Crippen LogP contribution in [0, 0.1) is 12.8 Å². The first-order valence-corrected chi connectivity index (χ1v) is 6.99. The van der Waals surface area contributed by atoms with Crippen LogP contribution in [0.2, 0.25) is 0 Å². The van der Waals surface area contributed by atoms with E-state index >= 15 is 0 Å². The fourth-order valence-electron chi connectivity index (χ4n) is 3.05. The molecular weight excluding hydrogens is 222 g/mol. The summed E-state index contributed by atoms with van der Waals surface area (Å²) >= 11 is 0. The summed E-state index contributed by atoms with van der Waals surface area (Å²) in [5.74, 6) is 2.41. The molecule has 1 fully saturated rings. The average Bonchev–Trinajstić information content (AvgIpc) is 2.76. The second-order valence-electron chi connectivity index (χ2n) is 5.81. The van der Waals surface area contributed by atoms with E-state index in [2.05, 4.69) is 44.3 Å². The molecule has 2 rings (SSSR count). The molecule has 0 spiro atoms. The maximum Gasteiger partial charge on any atom is 0.121 e. The fourth-order valence-corrected chi connectivity index (χ4v) is 3.05. The van der Waals surface area contributed by atoms with Crippen molar-refractivity contribution in [2.75, 3.05) is 13.7 Å². The lowest BCUT2D eigenvalue weighted by molar-refractivity contribution is 0.410. The van der Waals surface area contributed by atoms with E-state index in [1.54, 1.807) is 7.11 Å². The van der Waals surface area contributed by atoms with Gasteiger partial charge in [0.15, 0.2) is 0 Å². The first-order valence-electron chi connectivity index (χ1n) is 6.99. The molecule has 100 valence electrons. The molecule has 1 saturated heterocycles. The van der Waals surface area contributed by atoms with Crippen molar-refractivity contribution in [3.63, 3.8) is 0 Å². The van der Waals surface area contributed by atoms with E-state index in [-0.39, 0.29) is 0 Å². The Bertz CT molecular complexity index is 400. The second-order valence-corrected chi connectivity index (χ2v) is 5.81. The van der Waals surface area contributed by atoms with E-state index in [0.717, 1.165) is 18.2 Å². The van der Waals surface area contributed by atoms with Crippen molar-refractivity contribution in [2.45, 2.75) is 45.6 Å². The Kier molecular flexibility index (Phi) is 4.28. The smallest absolute Gasteiger partial charge is 0.121 e. The van der Waals surface area contributed by atoms with Crippen molar-refractivity contribution in [1.29, 1.82) is 0 Å². The molecule has 0 saturated carbocycles. The zero-order valence-corrected chi connectivity index (χ0v) is 12.0. The molecule has 1 aliphatic rings. The van der Waals surface area contributed by atoms with E-state index in [1.165, 1.54) is 24.0 Å². The first kappa shape index (κ1) is 13.4. The van der Waals surface area contributed by atoms with Crippen molar-refractivity contribution in [3.05, 3.63) is 29.3 Å². The van der Waals surface area contributed by atoms with Gasteiger partial charge in [-0.15, -0.1) is 0 Å². The summed E-state index contributed by atoms with van der Waals surface area (Å²) in [5, 5.41) is 3.65. The van der Waals surface area contributed by atoms with Gasteiger partial charge >= 0.3 is 0 Å². The van der Waals surface area contributed by atoms with E-state index in [1.807, 2.05) is 0 Å². The van der Waals surface area contributed by atoms with E-state index < -0.39 is 0 Å². The molecule has 1 N–H and O–H groups in total. The molecule has 2 nitrogen and oxygen atoms in total. The predicted octanol–water partition coefficient (Wildman–Crippen LogP) is 3.50. The average molecular weight is 247 g/mol. The number of hydrogen-bond acceptors (Lipinski definition) is 2. The first-order chi connectivity index (χ1) is 8.61. The SMILES string of the molecule is COc1ccc(C2CCNC2CC(C)C)cc1C. The Morgan fingerprint density at radius 3 is 2.78 bits per heavy atom. The molecule has 1 aromatic carbocycles. The number of aryl methyl sites for hydroxylation is 1. The summed E-state index contributed by atoms with van der Waals surface area (Å²) in [5.41, 5.74) is 2.70. The molecule has 2 unspecified atom stereocenters. The van der Waals surface area contributed by atoms with Gasteiger partial charge in [-0.1, -0.05) is 26.0 Å². The van der Waals surface area contributed by atoms with Gasteiger partial charge in [0.25, 0.3) is 0 Å². The largest absolute Gasteiger partial charge is 0.496 e. The van der Waals surface area contributed by atoms with Crippen LogP contribution < -0.4 is 10.1 Å². The van der Waals surface area contributed by atoms with E-state index in [9.17, 15) is 0 Å². The Morgan fingerprint density at radius 1 is 1.39 bits per heavy atom. The molecule has 18 heavy (non-hydrogen) atoms. The van der Waals surface area contributed by atoms with Crippen LogP contribution in [0.25, 0.3) is 0 Å². The summed E-state index contributed by atoms with van der Waals surface area (Å²) in [6, 6.07) is 7.27. The minimum atomic E-state index is 0.637. The van der Waals surface area contributed by atoms with Crippen LogP contribution >= 0.6 is 0 Å². The van der Waals surface area contributed by atoms with Crippen LogP contribution in [0.5, 0.6) is 5.75 Å². The quantitative estimate of drug-likeness (QED) is 0.879. The van der Waals surface area contributed by atoms with Gasteiger partial charge in [0.1, 0.15) is 5.75 Å². The lowest BCUT2D eigenvalue weighted by atomic mass is 9.87. The Hall–Kier alpha value is -1.02. The number of hydrogen-bond donors (Lipinski definition) is 1. The summed E-state index contributed by atoms with van der Waals surface area (Å²) in [4.78, 5) is 0. The molecule has 0 amide bonds. The summed E-state index contributed by atoms with van der Waals surface area (Å²) < 4.78 is 5.34. The minimum absolute atomic E-state index is 0.637. The second kappa shape index (κ2) is 5.75. The van der Waals surface area contributed by atoms with Crippen molar-refractivity contribution < 1.29 is 4.74 Å². The summed E-state index contributed by atoms with van der Waals surface area (Å²) in [6.45, 7) is 7.88. The molecule has 0 aromatic heterocycles. The third-order valence-electron chi connectivity index (χ3n) is 3.92. The van der Waals surface area contributed by atoms with Gasteiger partial charge < -0.3 is 10.1 Å². The van der Waals surface area contributed by atoms with Crippen LogP contribution in [-0.2, 0) is 0 Å². The molecule has 1 heterocycles. The normalized spacial score (nSPS) is 23.6. The maximum absolute atomic E-state index is 5.34. The summed E-state index contributed by atoms with van der Waals surface area (Å²) in [7, 11) is 1.74. The third-order valence-corrected chi connectivity index (χ3v) is 3.92. The van der Waals surface area contributed by atoms with Crippen LogP contribution in [0.4, 0.5) is 0 Å². The van der Waals surface area contributed by atoms with Gasteiger partial charge in [-0.2, -0.15) is 0 Å². The molecule has 1 aromatic rings. The van der Waals surface area contributed by atoms with E-state index in [4.69, 9.17) is 4.74 Å². The van der Waals surface area contributed by atoms with Gasteiger partial charge in [-0.05, 0) is 49.4 Å². The lowest BCUT2D eigenvalue weighted by Gasteiger charge is -2.22. The maximum atomic E-state index is 5.34. The molecule has 0 bridgehead atoms. The van der Waals surface area contributed by atoms with Crippen LogP contribution in [0.1, 0.15) is 43.7 Å². The highest BCUT2D eigenvalue weighted by atomic mass is 16.5. The van der Waals surface area contributed by atoms with Gasteiger partial charge in [0, 0.05) is 12.0 Å². The fraction of sp³-hybridized carbons (Fsp3) is 0.625. The highest BCUT2D eigenvalue weighted by molar-refractivity contribution is 5.38. The van der Waals surface area contributed by atoms with Crippen LogP contribution in [0.3, 0.4) is 0 Å². The van der Waals surface area contributed by atoms with Gasteiger partial charge in [-0.3, -0.25) is 0 Å². The number of methoxy groups -OCH3 is 1. The molecule has 0 aliphatic carbocycles. The molecule has 1 aliphatic heterocycles. The van der Waals surface area contributed by atoms with Gasteiger partial charge in [0.05, 0.1) is 7.11 Å². The topological polar surface area (TPSA) is 21.3 Å². The Labute approximate surface area is 111 Å². The van der Waals surface area contributed by atoms with E-state index in [0.29, 0.717) is 12.0 Å². The monoisotopic (exact) mass is 247 g/mol. The lowest BCUT2D eigenvalue weighted by Crippen LogP contribution is -2.27. The van der Waals surface area contributed by atoms with Crippen LogP contribution in [0.15, 0.2) is 18.2 Å². The Balaban J connectivity index is 2.17. The Morgan fingerprint density at radius 2 is 2.17 bits per heavy atom.